The lowest BCUT2D eigenvalue weighted by atomic mass is 9.74. The molecular formula is C15H28N2O. The number of rotatable bonds is 4. The molecular weight excluding hydrogens is 224 g/mol. The molecule has 3 heteroatoms. The van der Waals surface area contributed by atoms with Crippen molar-refractivity contribution in [1.29, 1.82) is 0 Å². The first kappa shape index (κ1) is 12.9. The first-order chi connectivity index (χ1) is 8.83. The first-order valence-corrected chi connectivity index (χ1v) is 7.91. The zero-order chi connectivity index (χ0) is 12.4. The minimum absolute atomic E-state index is 0.199. The van der Waals surface area contributed by atoms with Crippen LogP contribution in [-0.4, -0.2) is 48.3 Å². The van der Waals surface area contributed by atoms with Gasteiger partial charge in [-0.2, -0.15) is 0 Å². The number of aliphatic hydroxyl groups is 1. The molecule has 2 unspecified atom stereocenters. The monoisotopic (exact) mass is 252 g/mol. The SMILES string of the molecule is OCC1(CNC2CCN3CCCC23)CCCCC1. The molecule has 2 aliphatic heterocycles. The minimum Gasteiger partial charge on any atom is -0.396 e. The molecule has 0 aromatic carbocycles. The minimum atomic E-state index is 0.199. The molecule has 1 aliphatic carbocycles. The topological polar surface area (TPSA) is 35.5 Å². The maximum atomic E-state index is 9.75. The van der Waals surface area contributed by atoms with Gasteiger partial charge in [0.15, 0.2) is 0 Å². The van der Waals surface area contributed by atoms with E-state index in [2.05, 4.69) is 10.2 Å². The van der Waals surface area contributed by atoms with Gasteiger partial charge >= 0.3 is 0 Å². The van der Waals surface area contributed by atoms with Crippen molar-refractivity contribution in [3.8, 4) is 0 Å². The normalized spacial score (nSPS) is 35.8. The van der Waals surface area contributed by atoms with Crippen molar-refractivity contribution >= 4 is 0 Å². The quantitative estimate of drug-likeness (QED) is 0.800. The predicted octanol–water partition coefficient (Wildman–Crippen LogP) is 1.76. The van der Waals surface area contributed by atoms with Crippen molar-refractivity contribution in [3.05, 3.63) is 0 Å². The molecule has 18 heavy (non-hydrogen) atoms. The molecule has 3 nitrogen and oxygen atoms in total. The fourth-order valence-electron chi connectivity index (χ4n) is 4.36. The summed E-state index contributed by atoms with van der Waals surface area (Å²) in [6.45, 7) is 4.02. The summed E-state index contributed by atoms with van der Waals surface area (Å²) in [6.07, 6.45) is 10.5. The molecule has 0 aromatic heterocycles. The molecule has 3 rings (SSSR count). The average molecular weight is 252 g/mol. The van der Waals surface area contributed by atoms with Gasteiger partial charge in [-0.25, -0.2) is 0 Å². The van der Waals surface area contributed by atoms with Crippen LogP contribution in [0.4, 0.5) is 0 Å². The van der Waals surface area contributed by atoms with Gasteiger partial charge in [-0.15, -0.1) is 0 Å². The highest BCUT2D eigenvalue weighted by Crippen LogP contribution is 2.36. The van der Waals surface area contributed by atoms with Crippen LogP contribution in [0.1, 0.15) is 51.4 Å². The molecule has 0 spiro atoms. The van der Waals surface area contributed by atoms with Crippen LogP contribution in [0.25, 0.3) is 0 Å². The second-order valence-electron chi connectivity index (χ2n) is 6.74. The lowest BCUT2D eigenvalue weighted by Gasteiger charge is -2.37. The molecule has 2 N–H and O–H groups in total. The van der Waals surface area contributed by atoms with Crippen LogP contribution >= 0.6 is 0 Å². The number of hydrogen-bond acceptors (Lipinski definition) is 3. The van der Waals surface area contributed by atoms with Crippen LogP contribution < -0.4 is 5.32 Å². The Morgan fingerprint density at radius 1 is 1.06 bits per heavy atom. The molecule has 2 heterocycles. The largest absolute Gasteiger partial charge is 0.396 e. The zero-order valence-electron chi connectivity index (χ0n) is 11.5. The van der Waals surface area contributed by atoms with E-state index in [1.54, 1.807) is 0 Å². The maximum absolute atomic E-state index is 9.75. The summed E-state index contributed by atoms with van der Waals surface area (Å²) >= 11 is 0. The number of fused-ring (bicyclic) bond motifs is 1. The number of hydrogen-bond donors (Lipinski definition) is 2. The van der Waals surface area contributed by atoms with E-state index in [0.29, 0.717) is 12.6 Å². The van der Waals surface area contributed by atoms with Crippen LogP contribution in [0.15, 0.2) is 0 Å². The van der Waals surface area contributed by atoms with Crippen LogP contribution in [0.3, 0.4) is 0 Å². The molecule has 0 amide bonds. The molecule has 104 valence electrons. The average Bonchev–Trinajstić information content (AvgIpc) is 3.01. The van der Waals surface area contributed by atoms with Gasteiger partial charge in [0.1, 0.15) is 0 Å². The highest BCUT2D eigenvalue weighted by molar-refractivity contribution is 4.97. The van der Waals surface area contributed by atoms with Crippen molar-refractivity contribution in [1.82, 2.24) is 10.2 Å². The summed E-state index contributed by atoms with van der Waals surface area (Å²) in [4.78, 5) is 2.66. The van der Waals surface area contributed by atoms with E-state index in [1.165, 1.54) is 64.5 Å². The van der Waals surface area contributed by atoms with Gasteiger partial charge in [0.25, 0.3) is 0 Å². The van der Waals surface area contributed by atoms with Crippen LogP contribution in [0.2, 0.25) is 0 Å². The molecule has 0 bridgehead atoms. The number of nitrogens with one attached hydrogen (secondary N) is 1. The van der Waals surface area contributed by atoms with Gasteiger partial charge in [-0.3, -0.25) is 4.90 Å². The van der Waals surface area contributed by atoms with Crippen LogP contribution in [-0.2, 0) is 0 Å². The molecule has 3 aliphatic rings. The lowest BCUT2D eigenvalue weighted by Crippen LogP contribution is -2.46. The van der Waals surface area contributed by atoms with Gasteiger partial charge in [0, 0.05) is 37.2 Å². The van der Waals surface area contributed by atoms with E-state index in [1.807, 2.05) is 0 Å². The maximum Gasteiger partial charge on any atom is 0.0499 e. The van der Waals surface area contributed by atoms with E-state index in [4.69, 9.17) is 0 Å². The molecule has 0 aromatic rings. The molecule has 2 saturated heterocycles. The number of nitrogens with zero attached hydrogens (tertiary/aromatic N) is 1. The van der Waals surface area contributed by atoms with Crippen molar-refractivity contribution < 1.29 is 5.11 Å². The Kier molecular flexibility index (Phi) is 3.92. The van der Waals surface area contributed by atoms with Gasteiger partial charge < -0.3 is 10.4 Å². The second kappa shape index (κ2) is 5.48. The summed E-state index contributed by atoms with van der Waals surface area (Å²) in [6, 6.07) is 1.49. The summed E-state index contributed by atoms with van der Waals surface area (Å²) in [5.74, 6) is 0. The molecule has 1 saturated carbocycles. The third-order valence-electron chi connectivity index (χ3n) is 5.59. The highest BCUT2D eigenvalue weighted by atomic mass is 16.3. The Hall–Kier alpha value is -0.120. The van der Waals surface area contributed by atoms with E-state index in [-0.39, 0.29) is 5.41 Å². The fourth-order valence-corrected chi connectivity index (χ4v) is 4.36. The van der Waals surface area contributed by atoms with Crippen molar-refractivity contribution in [2.45, 2.75) is 63.5 Å². The third-order valence-corrected chi connectivity index (χ3v) is 5.59. The van der Waals surface area contributed by atoms with Gasteiger partial charge in [0.05, 0.1) is 0 Å². The highest BCUT2D eigenvalue weighted by Gasteiger charge is 2.39. The van der Waals surface area contributed by atoms with Gasteiger partial charge in [0.2, 0.25) is 0 Å². The lowest BCUT2D eigenvalue weighted by molar-refractivity contribution is 0.0770. The zero-order valence-corrected chi connectivity index (χ0v) is 11.5. The Morgan fingerprint density at radius 3 is 2.67 bits per heavy atom. The van der Waals surface area contributed by atoms with Crippen LogP contribution in [0, 0.1) is 5.41 Å². The number of aliphatic hydroxyl groups excluding tert-OH is 1. The summed E-state index contributed by atoms with van der Waals surface area (Å²) in [5.41, 5.74) is 0.199. The van der Waals surface area contributed by atoms with Crippen molar-refractivity contribution in [3.63, 3.8) is 0 Å². The molecule has 2 atom stereocenters. The van der Waals surface area contributed by atoms with Crippen molar-refractivity contribution in [2.24, 2.45) is 5.41 Å². The second-order valence-corrected chi connectivity index (χ2v) is 6.74. The Labute approximate surface area is 111 Å². The Bertz CT molecular complexity index is 276. The van der Waals surface area contributed by atoms with Crippen LogP contribution in [0.5, 0.6) is 0 Å². The molecule has 3 fully saturated rings. The Morgan fingerprint density at radius 2 is 1.89 bits per heavy atom. The predicted molar refractivity (Wildman–Crippen MR) is 73.6 cm³/mol. The summed E-state index contributed by atoms with van der Waals surface area (Å²) < 4.78 is 0. The van der Waals surface area contributed by atoms with E-state index >= 15 is 0 Å². The fraction of sp³-hybridized carbons (Fsp3) is 1.00. The third kappa shape index (κ3) is 2.45. The Balaban J connectivity index is 1.53. The van der Waals surface area contributed by atoms with E-state index < -0.39 is 0 Å². The summed E-state index contributed by atoms with van der Waals surface area (Å²) in [5, 5.41) is 13.6. The molecule has 0 radical (unpaired) electrons. The van der Waals surface area contributed by atoms with E-state index in [9.17, 15) is 5.11 Å². The van der Waals surface area contributed by atoms with Gasteiger partial charge in [-0.05, 0) is 38.6 Å². The van der Waals surface area contributed by atoms with Gasteiger partial charge in [-0.1, -0.05) is 19.3 Å². The smallest absolute Gasteiger partial charge is 0.0499 e. The van der Waals surface area contributed by atoms with Crippen molar-refractivity contribution in [2.75, 3.05) is 26.2 Å². The standard InChI is InChI=1S/C15H28N2O/c18-12-15(7-2-1-3-8-15)11-16-13-6-10-17-9-4-5-14(13)17/h13-14,16,18H,1-12H2. The first-order valence-electron chi connectivity index (χ1n) is 7.91. The summed E-state index contributed by atoms with van der Waals surface area (Å²) in [7, 11) is 0. The van der Waals surface area contributed by atoms with E-state index in [0.717, 1.165) is 12.6 Å².